The van der Waals surface area contributed by atoms with Crippen LogP contribution in [0.3, 0.4) is 0 Å². The molecule has 4 rings (SSSR count). The van der Waals surface area contributed by atoms with Crippen LogP contribution in [0.25, 0.3) is 0 Å². The third-order valence-electron chi connectivity index (χ3n) is 5.54. The zero-order valence-electron chi connectivity index (χ0n) is 17.0. The van der Waals surface area contributed by atoms with E-state index in [0.717, 1.165) is 30.1 Å². The van der Waals surface area contributed by atoms with E-state index >= 15 is 0 Å². The first-order valence-electron chi connectivity index (χ1n) is 9.97. The predicted octanol–water partition coefficient (Wildman–Crippen LogP) is 3.91. The van der Waals surface area contributed by atoms with Crippen molar-refractivity contribution in [1.82, 2.24) is 15.1 Å². The summed E-state index contributed by atoms with van der Waals surface area (Å²) in [6.07, 6.45) is 4.98. The molecule has 0 aliphatic carbocycles. The van der Waals surface area contributed by atoms with E-state index in [1.165, 1.54) is 5.56 Å². The number of ether oxygens (including phenoxy) is 1. The molecule has 0 radical (unpaired) electrons. The van der Waals surface area contributed by atoms with Gasteiger partial charge in [-0.25, -0.2) is 0 Å². The molecule has 0 saturated carbocycles. The highest BCUT2D eigenvalue weighted by Gasteiger charge is 2.42. The van der Waals surface area contributed by atoms with Crippen LogP contribution >= 0.6 is 12.4 Å². The molecule has 1 aromatic heterocycles. The largest absolute Gasteiger partial charge is 0.489 e. The van der Waals surface area contributed by atoms with Gasteiger partial charge >= 0.3 is 0 Å². The summed E-state index contributed by atoms with van der Waals surface area (Å²) in [5, 5.41) is 10.8. The fourth-order valence-electron chi connectivity index (χ4n) is 3.77. The molecule has 7 heteroatoms. The highest BCUT2D eigenvalue weighted by Crippen LogP contribution is 2.29. The highest BCUT2D eigenvalue weighted by atomic mass is 35.5. The fraction of sp³-hybridized carbons (Fsp3) is 0.304. The number of aryl methyl sites for hydroxylation is 1. The van der Waals surface area contributed by atoms with Gasteiger partial charge in [0.15, 0.2) is 0 Å². The Morgan fingerprint density at radius 2 is 1.97 bits per heavy atom. The van der Waals surface area contributed by atoms with Gasteiger partial charge in [-0.3, -0.25) is 9.48 Å². The van der Waals surface area contributed by atoms with E-state index in [2.05, 4.69) is 34.8 Å². The number of nitrogens with zero attached hydrogens (tertiary/aromatic N) is 2. The van der Waals surface area contributed by atoms with Crippen molar-refractivity contribution in [2.45, 2.75) is 31.9 Å². The summed E-state index contributed by atoms with van der Waals surface area (Å²) in [6, 6.07) is 17.6. The number of hydrogen-bond donors (Lipinski definition) is 2. The van der Waals surface area contributed by atoms with Crippen LogP contribution in [0, 0.1) is 6.92 Å². The molecule has 1 fully saturated rings. The van der Waals surface area contributed by atoms with Crippen LogP contribution in [0.2, 0.25) is 0 Å². The van der Waals surface area contributed by atoms with Gasteiger partial charge in [0.1, 0.15) is 17.9 Å². The zero-order chi connectivity index (χ0) is 20.1. The van der Waals surface area contributed by atoms with Crippen LogP contribution < -0.4 is 15.4 Å². The van der Waals surface area contributed by atoms with E-state index < -0.39 is 5.54 Å². The molecule has 0 atom stereocenters. The summed E-state index contributed by atoms with van der Waals surface area (Å²) in [6.45, 7) is 4.13. The molecule has 0 unspecified atom stereocenters. The summed E-state index contributed by atoms with van der Waals surface area (Å²) < 4.78 is 7.75. The molecule has 2 N–H and O–H groups in total. The number of halogens is 1. The van der Waals surface area contributed by atoms with Gasteiger partial charge in [0.05, 0.1) is 0 Å². The van der Waals surface area contributed by atoms with E-state index in [9.17, 15) is 4.79 Å². The normalized spacial score (nSPS) is 15.1. The van der Waals surface area contributed by atoms with E-state index in [-0.39, 0.29) is 18.3 Å². The van der Waals surface area contributed by atoms with E-state index in [1.54, 1.807) is 10.9 Å². The van der Waals surface area contributed by atoms with Crippen molar-refractivity contribution in [1.29, 1.82) is 0 Å². The van der Waals surface area contributed by atoms with E-state index in [4.69, 9.17) is 4.74 Å². The summed E-state index contributed by atoms with van der Waals surface area (Å²) in [5.41, 5.74) is 2.40. The van der Waals surface area contributed by atoms with E-state index in [0.29, 0.717) is 19.4 Å². The maximum Gasteiger partial charge on any atom is 0.252 e. The lowest BCUT2D eigenvalue weighted by molar-refractivity contribution is -0.126. The molecule has 158 valence electrons. The first kappa shape index (κ1) is 21.9. The SMILES string of the molecule is Cc1ccccc1COc1cccc(NC(=O)C2(n3cccn3)CCNCC2)c1.Cl. The first-order valence-corrected chi connectivity index (χ1v) is 9.97. The minimum Gasteiger partial charge on any atom is -0.489 e. The Labute approximate surface area is 183 Å². The summed E-state index contributed by atoms with van der Waals surface area (Å²) in [4.78, 5) is 13.3. The van der Waals surface area contributed by atoms with Gasteiger partial charge in [0.25, 0.3) is 5.91 Å². The van der Waals surface area contributed by atoms with Gasteiger partial charge in [0, 0.05) is 24.1 Å². The number of nitrogens with one attached hydrogen (secondary N) is 2. The van der Waals surface area contributed by atoms with Gasteiger partial charge in [-0.2, -0.15) is 5.10 Å². The lowest BCUT2D eigenvalue weighted by Crippen LogP contribution is -2.52. The Morgan fingerprint density at radius 1 is 1.17 bits per heavy atom. The van der Waals surface area contributed by atoms with Crippen LogP contribution in [-0.2, 0) is 16.9 Å². The third kappa shape index (κ3) is 4.66. The quantitative estimate of drug-likeness (QED) is 0.627. The smallest absolute Gasteiger partial charge is 0.252 e. The van der Waals surface area contributed by atoms with Crippen molar-refractivity contribution in [2.75, 3.05) is 18.4 Å². The lowest BCUT2D eigenvalue weighted by Gasteiger charge is -2.36. The maximum atomic E-state index is 13.3. The van der Waals surface area contributed by atoms with Crippen LogP contribution in [0.1, 0.15) is 24.0 Å². The van der Waals surface area contributed by atoms with Gasteiger partial charge in [-0.15, -0.1) is 12.4 Å². The zero-order valence-corrected chi connectivity index (χ0v) is 17.8. The molecule has 6 nitrogen and oxygen atoms in total. The van der Waals surface area contributed by atoms with Gasteiger partial charge in [0.2, 0.25) is 0 Å². The van der Waals surface area contributed by atoms with Crippen LogP contribution in [0.4, 0.5) is 5.69 Å². The Kier molecular flexibility index (Phi) is 7.13. The average Bonchev–Trinajstić information content (AvgIpc) is 3.29. The summed E-state index contributed by atoms with van der Waals surface area (Å²) in [5.74, 6) is 0.684. The van der Waals surface area contributed by atoms with Crippen molar-refractivity contribution >= 4 is 24.0 Å². The third-order valence-corrected chi connectivity index (χ3v) is 5.54. The highest BCUT2D eigenvalue weighted by molar-refractivity contribution is 5.96. The van der Waals surface area contributed by atoms with Gasteiger partial charge in [-0.05, 0) is 62.2 Å². The molecule has 3 aromatic rings. The Bertz CT molecular complexity index is 969. The molecule has 0 spiro atoms. The molecule has 1 saturated heterocycles. The summed E-state index contributed by atoms with van der Waals surface area (Å²) in [7, 11) is 0. The molecule has 1 amide bonds. The minimum absolute atomic E-state index is 0. The Morgan fingerprint density at radius 3 is 2.70 bits per heavy atom. The molecular formula is C23H27ClN4O2. The second-order valence-electron chi connectivity index (χ2n) is 7.43. The number of rotatable bonds is 6. The fourth-order valence-corrected chi connectivity index (χ4v) is 3.77. The molecule has 0 bridgehead atoms. The Balaban J connectivity index is 0.00000256. The molecule has 2 heterocycles. The van der Waals surface area contributed by atoms with Crippen LogP contribution in [0.5, 0.6) is 5.75 Å². The van der Waals surface area contributed by atoms with Crippen molar-refractivity contribution in [3.63, 3.8) is 0 Å². The van der Waals surface area contributed by atoms with E-state index in [1.807, 2.05) is 48.7 Å². The van der Waals surface area contributed by atoms with Gasteiger partial charge in [-0.1, -0.05) is 30.3 Å². The number of carbonyl (C=O) groups is 1. The topological polar surface area (TPSA) is 68.2 Å². The average molecular weight is 427 g/mol. The van der Waals surface area contributed by atoms with Crippen molar-refractivity contribution in [2.24, 2.45) is 0 Å². The molecule has 2 aromatic carbocycles. The number of piperidine rings is 1. The van der Waals surface area contributed by atoms with Crippen molar-refractivity contribution < 1.29 is 9.53 Å². The first-order chi connectivity index (χ1) is 14.2. The second-order valence-corrected chi connectivity index (χ2v) is 7.43. The Hall–Kier alpha value is -2.83. The molecular weight excluding hydrogens is 400 g/mol. The maximum absolute atomic E-state index is 13.3. The number of hydrogen-bond acceptors (Lipinski definition) is 4. The van der Waals surface area contributed by atoms with Crippen molar-refractivity contribution in [3.8, 4) is 5.75 Å². The monoisotopic (exact) mass is 426 g/mol. The number of carbonyl (C=O) groups excluding carboxylic acids is 1. The molecule has 1 aliphatic rings. The second kappa shape index (κ2) is 9.78. The lowest BCUT2D eigenvalue weighted by atomic mass is 9.87. The molecule has 30 heavy (non-hydrogen) atoms. The van der Waals surface area contributed by atoms with Gasteiger partial charge < -0.3 is 15.4 Å². The van der Waals surface area contributed by atoms with Crippen LogP contribution in [0.15, 0.2) is 67.0 Å². The number of aromatic nitrogens is 2. The van der Waals surface area contributed by atoms with Crippen molar-refractivity contribution in [3.05, 3.63) is 78.1 Å². The van der Waals surface area contributed by atoms with Crippen LogP contribution in [-0.4, -0.2) is 28.8 Å². The standard InChI is InChI=1S/C23H26N4O2.ClH/c1-18-6-2-3-7-19(18)17-29-21-9-4-8-20(16-21)26-22(28)23(10-13-24-14-11-23)27-15-5-12-25-27;/h2-9,12,15-16,24H,10-11,13-14,17H2,1H3,(H,26,28);1H. The number of benzene rings is 2. The number of amides is 1. The molecule has 1 aliphatic heterocycles. The minimum atomic E-state index is -0.674. The number of anilines is 1. The predicted molar refractivity (Wildman–Crippen MR) is 120 cm³/mol. The summed E-state index contributed by atoms with van der Waals surface area (Å²) >= 11 is 0.